The third-order valence-corrected chi connectivity index (χ3v) is 3.76. The second-order valence-electron chi connectivity index (χ2n) is 5.66. The van der Waals surface area contributed by atoms with Crippen LogP contribution in [0.2, 0.25) is 0 Å². The Hall–Kier alpha value is -0.480. The van der Waals surface area contributed by atoms with Crippen molar-refractivity contribution in [1.29, 1.82) is 0 Å². The number of aromatic nitrogens is 2. The van der Waals surface area contributed by atoms with E-state index >= 15 is 0 Å². The van der Waals surface area contributed by atoms with Gasteiger partial charge in [-0.05, 0) is 19.9 Å². The van der Waals surface area contributed by atoms with Gasteiger partial charge in [0.1, 0.15) is 0 Å². The summed E-state index contributed by atoms with van der Waals surface area (Å²) in [5, 5.41) is 14.4. The van der Waals surface area contributed by atoms with Crippen LogP contribution in [0.5, 0.6) is 0 Å². The van der Waals surface area contributed by atoms with Gasteiger partial charge in [-0.3, -0.25) is 4.68 Å². The van der Waals surface area contributed by atoms with Gasteiger partial charge in [-0.15, -0.1) is 0 Å². The first-order valence-electron chi connectivity index (χ1n) is 6.14. The molecule has 0 fully saturated rings. The van der Waals surface area contributed by atoms with Crippen LogP contribution in [0.3, 0.4) is 0 Å². The highest BCUT2D eigenvalue weighted by atomic mass is 32.2. The molecule has 0 radical (unpaired) electrons. The van der Waals surface area contributed by atoms with E-state index in [1.54, 1.807) is 11.8 Å². The van der Waals surface area contributed by atoms with Gasteiger partial charge in [0.2, 0.25) is 0 Å². The van der Waals surface area contributed by atoms with Crippen molar-refractivity contribution in [2.45, 2.75) is 57.9 Å². The molecule has 3 nitrogen and oxygen atoms in total. The van der Waals surface area contributed by atoms with Crippen molar-refractivity contribution in [3.63, 3.8) is 0 Å². The summed E-state index contributed by atoms with van der Waals surface area (Å²) < 4.78 is 2.14. The van der Waals surface area contributed by atoms with Gasteiger partial charge in [-0.25, -0.2) is 0 Å². The summed E-state index contributed by atoms with van der Waals surface area (Å²) in [4.78, 5) is 0. The summed E-state index contributed by atoms with van der Waals surface area (Å²) in [7, 11) is 0. The molecule has 0 aromatic carbocycles. The van der Waals surface area contributed by atoms with E-state index in [2.05, 4.69) is 39.7 Å². The van der Waals surface area contributed by atoms with Gasteiger partial charge >= 0.3 is 0 Å². The lowest BCUT2D eigenvalue weighted by Crippen LogP contribution is -2.19. The fraction of sp³-hybridized carbons (Fsp3) is 0.769. The summed E-state index contributed by atoms with van der Waals surface area (Å²) in [6.45, 7) is 10.7. The van der Waals surface area contributed by atoms with Crippen molar-refractivity contribution >= 4 is 11.8 Å². The van der Waals surface area contributed by atoms with E-state index in [4.69, 9.17) is 0 Å². The van der Waals surface area contributed by atoms with Crippen molar-refractivity contribution in [2.75, 3.05) is 5.75 Å². The Bertz CT molecular complexity index is 341. The maximum atomic E-state index is 9.94. The van der Waals surface area contributed by atoms with E-state index in [0.29, 0.717) is 12.5 Å². The third-order valence-electron chi connectivity index (χ3n) is 2.35. The molecule has 98 valence electrons. The van der Waals surface area contributed by atoms with Gasteiger partial charge < -0.3 is 5.11 Å². The first kappa shape index (κ1) is 14.6. The van der Waals surface area contributed by atoms with Crippen LogP contribution in [-0.2, 0) is 6.42 Å². The lowest BCUT2D eigenvalue weighted by molar-refractivity contribution is 0.198. The van der Waals surface area contributed by atoms with Crippen molar-refractivity contribution < 1.29 is 5.11 Å². The minimum Gasteiger partial charge on any atom is -0.392 e. The van der Waals surface area contributed by atoms with E-state index < -0.39 is 0 Å². The molecule has 1 aromatic heterocycles. The number of hydrogen-bond acceptors (Lipinski definition) is 3. The van der Waals surface area contributed by atoms with E-state index in [9.17, 15) is 5.11 Å². The second kappa shape index (κ2) is 5.91. The van der Waals surface area contributed by atoms with E-state index in [0.717, 1.165) is 11.4 Å². The predicted octanol–water partition coefficient (Wildman–Crippen LogP) is 2.90. The molecule has 1 atom stereocenters. The summed E-state index contributed by atoms with van der Waals surface area (Å²) in [6.07, 6.45) is 2.31. The number of rotatable bonds is 5. The number of aliphatic hydroxyl groups is 1. The number of nitrogens with zero attached hydrogens (tertiary/aromatic N) is 2. The first-order chi connectivity index (χ1) is 7.78. The minimum atomic E-state index is -0.310. The van der Waals surface area contributed by atoms with Crippen LogP contribution in [0.1, 0.15) is 46.4 Å². The molecule has 4 heteroatoms. The molecule has 0 aliphatic rings. The number of aliphatic hydroxyl groups excluding tert-OH is 1. The average molecular weight is 256 g/mol. The van der Waals surface area contributed by atoms with Crippen molar-refractivity contribution in [2.24, 2.45) is 0 Å². The first-order valence-corrected chi connectivity index (χ1v) is 7.12. The molecular weight excluding hydrogens is 232 g/mol. The maximum Gasteiger partial charge on any atom is 0.0686 e. The number of thioether (sulfide) groups is 1. The summed E-state index contributed by atoms with van der Waals surface area (Å²) in [5.74, 6) is 0.762. The average Bonchev–Trinajstić information content (AvgIpc) is 2.62. The molecule has 1 heterocycles. The predicted molar refractivity (Wildman–Crippen MR) is 74.5 cm³/mol. The molecule has 17 heavy (non-hydrogen) atoms. The van der Waals surface area contributed by atoms with Gasteiger partial charge in [0.05, 0.1) is 11.8 Å². The topological polar surface area (TPSA) is 38.0 Å². The van der Waals surface area contributed by atoms with Crippen LogP contribution in [-0.4, -0.2) is 31.5 Å². The molecule has 0 aliphatic carbocycles. The summed E-state index contributed by atoms with van der Waals surface area (Å²) in [6, 6.07) is 2.37. The lowest BCUT2D eigenvalue weighted by Gasteiger charge is -2.19. The highest BCUT2D eigenvalue weighted by Gasteiger charge is 2.15. The van der Waals surface area contributed by atoms with Crippen LogP contribution in [0.4, 0.5) is 0 Å². The minimum absolute atomic E-state index is 0.207. The summed E-state index contributed by atoms with van der Waals surface area (Å²) >= 11 is 1.79. The molecule has 1 rings (SSSR count). The van der Waals surface area contributed by atoms with Gasteiger partial charge in [0.25, 0.3) is 0 Å². The normalized spacial score (nSPS) is 14.3. The zero-order valence-corrected chi connectivity index (χ0v) is 12.3. The van der Waals surface area contributed by atoms with Crippen molar-refractivity contribution in [1.82, 2.24) is 9.78 Å². The molecule has 0 spiro atoms. The maximum absolute atomic E-state index is 9.94. The van der Waals surface area contributed by atoms with Gasteiger partial charge in [0.15, 0.2) is 0 Å². The fourth-order valence-corrected chi connectivity index (χ4v) is 2.23. The second-order valence-corrected chi connectivity index (χ2v) is 7.51. The largest absolute Gasteiger partial charge is 0.392 e. The monoisotopic (exact) mass is 256 g/mol. The molecule has 1 N–H and O–H groups in total. The highest BCUT2D eigenvalue weighted by molar-refractivity contribution is 8.00. The molecule has 0 saturated heterocycles. The highest BCUT2D eigenvalue weighted by Crippen LogP contribution is 2.24. The van der Waals surface area contributed by atoms with Crippen LogP contribution in [0.25, 0.3) is 0 Å². The van der Waals surface area contributed by atoms with E-state index in [-0.39, 0.29) is 10.9 Å². The molecule has 1 aromatic rings. The standard InChI is InChI=1S/C13H24N2OS/c1-10(2)15-7-6-11(14-15)8-12(16)9-17-13(3,4)5/h6-7,10,12,16H,8-9H2,1-5H3. The molecular formula is C13H24N2OS. The van der Waals surface area contributed by atoms with Crippen LogP contribution < -0.4 is 0 Å². The Kier molecular flexibility index (Phi) is 5.07. The molecule has 1 unspecified atom stereocenters. The number of hydrogen-bond donors (Lipinski definition) is 1. The van der Waals surface area contributed by atoms with Crippen LogP contribution in [0.15, 0.2) is 12.3 Å². The third kappa shape index (κ3) is 5.59. The van der Waals surface area contributed by atoms with Crippen LogP contribution in [0, 0.1) is 0 Å². The Morgan fingerprint density at radius 2 is 2.06 bits per heavy atom. The van der Waals surface area contributed by atoms with E-state index in [1.807, 2.05) is 16.9 Å². The summed E-state index contributed by atoms with van der Waals surface area (Å²) in [5.41, 5.74) is 0.973. The van der Waals surface area contributed by atoms with Gasteiger partial charge in [-0.1, -0.05) is 20.8 Å². The SMILES string of the molecule is CC(C)n1ccc(CC(O)CSC(C)(C)C)n1. The van der Waals surface area contributed by atoms with Gasteiger partial charge in [0, 0.05) is 29.2 Å². The Labute approximate surface area is 109 Å². The van der Waals surface area contributed by atoms with Crippen LogP contribution >= 0.6 is 11.8 Å². The molecule has 0 aliphatic heterocycles. The Morgan fingerprint density at radius 3 is 2.53 bits per heavy atom. The fourth-order valence-electron chi connectivity index (χ4n) is 1.42. The quantitative estimate of drug-likeness (QED) is 0.880. The Morgan fingerprint density at radius 1 is 1.41 bits per heavy atom. The molecule has 0 amide bonds. The molecule has 0 bridgehead atoms. The lowest BCUT2D eigenvalue weighted by atomic mass is 10.2. The van der Waals surface area contributed by atoms with Crippen molar-refractivity contribution in [3.8, 4) is 0 Å². The van der Waals surface area contributed by atoms with E-state index in [1.165, 1.54) is 0 Å². The van der Waals surface area contributed by atoms with Crippen molar-refractivity contribution in [3.05, 3.63) is 18.0 Å². The molecule has 0 saturated carbocycles. The van der Waals surface area contributed by atoms with Gasteiger partial charge in [-0.2, -0.15) is 16.9 Å². The smallest absolute Gasteiger partial charge is 0.0686 e. The zero-order valence-electron chi connectivity index (χ0n) is 11.5. The Balaban J connectivity index is 2.42. The zero-order chi connectivity index (χ0) is 13.1.